The van der Waals surface area contributed by atoms with E-state index in [1.165, 1.54) is 0 Å². The average molecular weight is 239 g/mol. The van der Waals surface area contributed by atoms with Crippen LogP contribution in [0, 0.1) is 0 Å². The summed E-state index contributed by atoms with van der Waals surface area (Å²) in [4.78, 5) is 11.4. The van der Waals surface area contributed by atoms with E-state index in [2.05, 4.69) is 0 Å². The van der Waals surface area contributed by atoms with E-state index in [4.69, 9.17) is 16.3 Å². The van der Waals surface area contributed by atoms with Crippen LogP contribution in [0.25, 0.3) is 0 Å². The lowest BCUT2D eigenvalue weighted by atomic mass is 10.0. The number of halogens is 1. The van der Waals surface area contributed by atoms with Crippen molar-refractivity contribution in [2.45, 2.75) is 19.1 Å². The number of carbonyl (C=O) groups excluding carboxylic acids is 1. The molecule has 0 fully saturated rings. The lowest BCUT2D eigenvalue weighted by Crippen LogP contribution is -2.09. The molecule has 1 aliphatic heterocycles. The van der Waals surface area contributed by atoms with E-state index in [0.717, 1.165) is 0 Å². The van der Waals surface area contributed by atoms with Gasteiger partial charge in [0.25, 0.3) is 0 Å². The molecular weight excluding hydrogens is 228 g/mol. The molecule has 1 aromatic carbocycles. The minimum Gasteiger partial charge on any atom is -0.455 e. The van der Waals surface area contributed by atoms with E-state index >= 15 is 0 Å². The van der Waals surface area contributed by atoms with E-state index in [9.17, 15) is 9.90 Å². The standard InChI is InChI=1S/C12H11ClO3/c1-7-6-10(12(15)16-7)11(14)8-2-4-9(13)5-3-8/h2-7,11,14H,1H3. The Morgan fingerprint density at radius 2 is 2.00 bits per heavy atom. The van der Waals surface area contributed by atoms with Crippen LogP contribution < -0.4 is 0 Å². The number of rotatable bonds is 2. The van der Waals surface area contributed by atoms with Crippen molar-refractivity contribution >= 4 is 17.6 Å². The van der Waals surface area contributed by atoms with Crippen molar-refractivity contribution < 1.29 is 14.6 Å². The number of cyclic esters (lactones) is 1. The van der Waals surface area contributed by atoms with Crippen molar-refractivity contribution in [3.05, 3.63) is 46.5 Å². The van der Waals surface area contributed by atoms with Crippen LogP contribution in [0.4, 0.5) is 0 Å². The Kier molecular flexibility index (Phi) is 2.99. The van der Waals surface area contributed by atoms with Crippen LogP contribution in [-0.4, -0.2) is 17.2 Å². The van der Waals surface area contributed by atoms with Gasteiger partial charge in [-0.3, -0.25) is 0 Å². The van der Waals surface area contributed by atoms with Gasteiger partial charge in [0, 0.05) is 5.02 Å². The highest BCUT2D eigenvalue weighted by Gasteiger charge is 2.28. The van der Waals surface area contributed by atoms with Gasteiger partial charge in [0.15, 0.2) is 0 Å². The SMILES string of the molecule is CC1C=C(C(O)c2ccc(Cl)cc2)C(=O)O1. The monoisotopic (exact) mass is 238 g/mol. The molecule has 2 atom stereocenters. The van der Waals surface area contributed by atoms with E-state index in [0.29, 0.717) is 10.6 Å². The van der Waals surface area contributed by atoms with Gasteiger partial charge in [-0.1, -0.05) is 23.7 Å². The van der Waals surface area contributed by atoms with Gasteiger partial charge in [-0.25, -0.2) is 4.79 Å². The summed E-state index contributed by atoms with van der Waals surface area (Å²) >= 11 is 5.74. The highest BCUT2D eigenvalue weighted by atomic mass is 35.5. The average Bonchev–Trinajstić information content (AvgIpc) is 2.58. The zero-order chi connectivity index (χ0) is 11.7. The second-order valence-corrected chi connectivity index (χ2v) is 4.12. The first-order valence-corrected chi connectivity index (χ1v) is 5.32. The normalized spacial score (nSPS) is 21.6. The molecule has 0 aliphatic carbocycles. The number of esters is 1. The van der Waals surface area contributed by atoms with Crippen LogP contribution in [0.5, 0.6) is 0 Å². The van der Waals surface area contributed by atoms with Gasteiger partial charge >= 0.3 is 5.97 Å². The maximum atomic E-state index is 11.4. The topological polar surface area (TPSA) is 46.5 Å². The van der Waals surface area contributed by atoms with Crippen molar-refractivity contribution in [3.63, 3.8) is 0 Å². The number of ether oxygens (including phenoxy) is 1. The molecule has 3 nitrogen and oxygen atoms in total. The number of hydrogen-bond acceptors (Lipinski definition) is 3. The van der Waals surface area contributed by atoms with E-state index in [1.807, 2.05) is 0 Å². The van der Waals surface area contributed by atoms with Gasteiger partial charge in [0.05, 0.1) is 5.57 Å². The van der Waals surface area contributed by atoms with E-state index in [-0.39, 0.29) is 11.7 Å². The number of hydrogen-bond donors (Lipinski definition) is 1. The van der Waals surface area contributed by atoms with Crippen molar-refractivity contribution in [3.8, 4) is 0 Å². The molecule has 1 aliphatic rings. The Bertz CT molecular complexity index is 436. The first-order chi connectivity index (χ1) is 7.58. The van der Waals surface area contributed by atoms with Crippen molar-refractivity contribution in [1.82, 2.24) is 0 Å². The molecule has 0 radical (unpaired) electrons. The van der Waals surface area contributed by atoms with E-state index < -0.39 is 12.1 Å². The second-order valence-electron chi connectivity index (χ2n) is 3.69. The Labute approximate surface area is 98.3 Å². The Morgan fingerprint density at radius 3 is 2.50 bits per heavy atom. The molecule has 0 bridgehead atoms. The summed E-state index contributed by atoms with van der Waals surface area (Å²) in [6.45, 7) is 1.75. The number of carbonyl (C=O) groups is 1. The lowest BCUT2D eigenvalue weighted by Gasteiger charge is -2.09. The maximum Gasteiger partial charge on any atom is 0.337 e. The largest absolute Gasteiger partial charge is 0.455 e. The molecule has 0 amide bonds. The molecule has 2 unspecified atom stereocenters. The van der Waals surface area contributed by atoms with Crippen molar-refractivity contribution in [2.24, 2.45) is 0 Å². The van der Waals surface area contributed by atoms with Gasteiger partial charge in [0.1, 0.15) is 12.2 Å². The molecule has 4 heteroatoms. The molecule has 1 heterocycles. The van der Waals surface area contributed by atoms with Crippen LogP contribution >= 0.6 is 11.6 Å². The number of benzene rings is 1. The molecule has 0 aromatic heterocycles. The van der Waals surface area contributed by atoms with Gasteiger partial charge < -0.3 is 9.84 Å². The van der Waals surface area contributed by atoms with Gasteiger partial charge in [0.2, 0.25) is 0 Å². The fourth-order valence-electron chi connectivity index (χ4n) is 1.62. The highest BCUT2D eigenvalue weighted by Crippen LogP contribution is 2.28. The Morgan fingerprint density at radius 1 is 1.38 bits per heavy atom. The molecule has 0 saturated heterocycles. The minimum absolute atomic E-state index is 0.274. The summed E-state index contributed by atoms with van der Waals surface area (Å²) in [6, 6.07) is 6.71. The quantitative estimate of drug-likeness (QED) is 0.804. The fourth-order valence-corrected chi connectivity index (χ4v) is 1.75. The van der Waals surface area contributed by atoms with Crippen LogP contribution in [0.3, 0.4) is 0 Å². The van der Waals surface area contributed by atoms with Crippen molar-refractivity contribution in [2.75, 3.05) is 0 Å². The second kappa shape index (κ2) is 4.28. The Balaban J connectivity index is 2.25. The summed E-state index contributed by atoms with van der Waals surface area (Å²) in [7, 11) is 0. The zero-order valence-electron chi connectivity index (χ0n) is 8.68. The summed E-state index contributed by atoms with van der Waals surface area (Å²) in [5.74, 6) is -0.463. The Hall–Kier alpha value is -1.32. The minimum atomic E-state index is -0.949. The predicted octanol–water partition coefficient (Wildman–Crippen LogP) is 2.25. The van der Waals surface area contributed by atoms with Gasteiger partial charge in [-0.05, 0) is 30.7 Å². The maximum absolute atomic E-state index is 11.4. The van der Waals surface area contributed by atoms with Crippen LogP contribution in [-0.2, 0) is 9.53 Å². The highest BCUT2D eigenvalue weighted by molar-refractivity contribution is 6.30. The predicted molar refractivity (Wildman–Crippen MR) is 60.0 cm³/mol. The lowest BCUT2D eigenvalue weighted by molar-refractivity contribution is -0.139. The summed E-state index contributed by atoms with van der Waals surface area (Å²) in [5, 5.41) is 10.6. The van der Waals surface area contributed by atoms with Gasteiger partial charge in [-0.2, -0.15) is 0 Å². The first-order valence-electron chi connectivity index (χ1n) is 4.94. The summed E-state index contributed by atoms with van der Waals surface area (Å²) < 4.78 is 4.92. The molecule has 0 saturated carbocycles. The zero-order valence-corrected chi connectivity index (χ0v) is 9.44. The number of aliphatic hydroxyl groups excluding tert-OH is 1. The third-order valence-corrected chi connectivity index (χ3v) is 2.68. The third-order valence-electron chi connectivity index (χ3n) is 2.42. The van der Waals surface area contributed by atoms with Crippen LogP contribution in [0.1, 0.15) is 18.6 Å². The molecule has 1 N–H and O–H groups in total. The molecule has 2 rings (SSSR count). The molecule has 16 heavy (non-hydrogen) atoms. The van der Waals surface area contributed by atoms with E-state index in [1.54, 1.807) is 37.3 Å². The molecule has 84 valence electrons. The third kappa shape index (κ3) is 2.10. The number of aliphatic hydroxyl groups is 1. The summed E-state index contributed by atoms with van der Waals surface area (Å²) in [5.41, 5.74) is 0.913. The van der Waals surface area contributed by atoms with Crippen molar-refractivity contribution in [1.29, 1.82) is 0 Å². The molecular formula is C12H11ClO3. The molecule has 0 spiro atoms. The smallest absolute Gasteiger partial charge is 0.337 e. The molecule has 1 aromatic rings. The van der Waals surface area contributed by atoms with Crippen LogP contribution in [0.15, 0.2) is 35.9 Å². The van der Waals surface area contributed by atoms with Crippen LogP contribution in [0.2, 0.25) is 5.02 Å². The fraction of sp³-hybridized carbons (Fsp3) is 0.250. The van der Waals surface area contributed by atoms with Gasteiger partial charge in [-0.15, -0.1) is 0 Å². The summed E-state index contributed by atoms with van der Waals surface area (Å²) in [6.07, 6.45) is 0.404. The first kappa shape index (κ1) is 11.2.